The van der Waals surface area contributed by atoms with Crippen molar-refractivity contribution in [2.45, 2.75) is 21.8 Å². The minimum absolute atomic E-state index is 0.255. The molecule has 0 aliphatic heterocycles. The first kappa shape index (κ1) is 8.72. The van der Waals surface area contributed by atoms with E-state index < -0.39 is 0 Å². The Morgan fingerprint density at radius 3 is 2.62 bits per heavy atom. The minimum atomic E-state index is -0.255. The zero-order chi connectivity index (χ0) is 6.41. The fraction of sp³-hybridized carbons (Fsp3) is 1.00. The van der Waals surface area contributed by atoms with Gasteiger partial charge in [0.2, 0.25) is 0 Å². The fourth-order valence-corrected chi connectivity index (χ4v) is 2.77. The molecule has 0 spiro atoms. The van der Waals surface area contributed by atoms with E-state index in [9.17, 15) is 0 Å². The third-order valence-corrected chi connectivity index (χ3v) is 5.30. The van der Waals surface area contributed by atoms with Gasteiger partial charge >= 0.3 is 61.0 Å². The molecule has 2 radical (unpaired) electrons. The molecular formula is C5H14N2Sn. The molecule has 0 aromatic heterocycles. The van der Waals surface area contributed by atoms with Crippen LogP contribution in [-0.2, 0) is 0 Å². The van der Waals surface area contributed by atoms with E-state index in [-0.39, 0.29) is 21.1 Å². The summed E-state index contributed by atoms with van der Waals surface area (Å²) in [4.78, 5) is 0. The summed E-state index contributed by atoms with van der Waals surface area (Å²) in [5.41, 5.74) is 11.0. The third-order valence-electron chi connectivity index (χ3n) is 0.991. The third kappa shape index (κ3) is 4.87. The summed E-state index contributed by atoms with van der Waals surface area (Å²) in [6.07, 6.45) is 1.14. The molecule has 0 aliphatic rings. The monoisotopic (exact) mass is 222 g/mol. The van der Waals surface area contributed by atoms with Gasteiger partial charge < -0.3 is 0 Å². The maximum absolute atomic E-state index is 5.68. The van der Waals surface area contributed by atoms with Crippen molar-refractivity contribution < 1.29 is 0 Å². The van der Waals surface area contributed by atoms with Crippen molar-refractivity contribution in [2.24, 2.45) is 11.5 Å². The van der Waals surface area contributed by atoms with Crippen molar-refractivity contribution in [3.05, 3.63) is 0 Å². The zero-order valence-electron chi connectivity index (χ0n) is 5.35. The Bertz CT molecular complexity index is 49.7. The molecule has 4 N–H and O–H groups in total. The number of hydrogen-bond donors (Lipinski definition) is 2. The van der Waals surface area contributed by atoms with Gasteiger partial charge in [-0.25, -0.2) is 0 Å². The summed E-state index contributed by atoms with van der Waals surface area (Å²) in [7, 11) is 0. The van der Waals surface area contributed by atoms with Gasteiger partial charge in [0.25, 0.3) is 0 Å². The Balaban J connectivity index is 2.86. The van der Waals surface area contributed by atoms with Crippen molar-refractivity contribution in [3.63, 3.8) is 0 Å². The van der Waals surface area contributed by atoms with Gasteiger partial charge in [-0.3, -0.25) is 0 Å². The van der Waals surface area contributed by atoms with Crippen LogP contribution in [0.4, 0.5) is 0 Å². The molecule has 0 aliphatic carbocycles. The van der Waals surface area contributed by atoms with Gasteiger partial charge in [0.15, 0.2) is 0 Å². The summed E-state index contributed by atoms with van der Waals surface area (Å²) in [5.74, 6) is 0. The van der Waals surface area contributed by atoms with E-state index in [2.05, 4.69) is 6.92 Å². The van der Waals surface area contributed by atoms with E-state index in [0.717, 1.165) is 13.0 Å². The molecule has 0 fully saturated rings. The van der Waals surface area contributed by atoms with Crippen molar-refractivity contribution >= 4 is 21.1 Å². The normalized spacial score (nSPS) is 13.9. The topological polar surface area (TPSA) is 52.0 Å². The molecular weight excluding hydrogens is 207 g/mol. The molecule has 0 bridgehead atoms. The second-order valence-electron chi connectivity index (χ2n) is 1.76. The molecule has 2 nitrogen and oxygen atoms in total. The predicted octanol–water partition coefficient (Wildman–Crippen LogP) is -0.238. The van der Waals surface area contributed by atoms with Gasteiger partial charge in [0.05, 0.1) is 0 Å². The van der Waals surface area contributed by atoms with Crippen molar-refractivity contribution in [3.8, 4) is 0 Å². The molecule has 0 aromatic carbocycles. The van der Waals surface area contributed by atoms with Gasteiger partial charge in [0, 0.05) is 0 Å². The first-order valence-corrected chi connectivity index (χ1v) is 6.67. The number of hydrogen-bond acceptors (Lipinski definition) is 2. The van der Waals surface area contributed by atoms with E-state index in [1.807, 2.05) is 0 Å². The number of nitrogens with two attached hydrogens (primary N) is 2. The Labute approximate surface area is 61.2 Å². The first-order valence-electron chi connectivity index (χ1n) is 3.00. The molecule has 0 saturated carbocycles. The molecule has 0 amide bonds. The van der Waals surface area contributed by atoms with Crippen LogP contribution in [0.25, 0.3) is 0 Å². The Morgan fingerprint density at radius 2 is 2.25 bits per heavy atom. The molecule has 3 heteroatoms. The van der Waals surface area contributed by atoms with Crippen LogP contribution >= 0.6 is 0 Å². The van der Waals surface area contributed by atoms with Crippen LogP contribution in [0, 0.1) is 0 Å². The summed E-state index contributed by atoms with van der Waals surface area (Å²) in [5, 5.41) is 0. The van der Waals surface area contributed by atoms with Crippen molar-refractivity contribution in [2.75, 3.05) is 6.54 Å². The van der Waals surface area contributed by atoms with Crippen molar-refractivity contribution in [1.29, 1.82) is 0 Å². The molecule has 0 rings (SSSR count). The average Bonchev–Trinajstić information content (AvgIpc) is 1.83. The maximum atomic E-state index is 5.68. The van der Waals surface area contributed by atoms with Crippen LogP contribution in [-0.4, -0.2) is 31.7 Å². The molecule has 8 heavy (non-hydrogen) atoms. The molecule has 0 aromatic rings. The SMILES string of the molecule is CC[CH](N)[Sn][CH2]CN. The molecule has 0 heterocycles. The van der Waals surface area contributed by atoms with Crippen LogP contribution in [0.5, 0.6) is 0 Å². The van der Waals surface area contributed by atoms with Gasteiger partial charge in [-0.05, 0) is 0 Å². The Hall–Kier alpha value is 0.719. The van der Waals surface area contributed by atoms with E-state index >= 15 is 0 Å². The van der Waals surface area contributed by atoms with Crippen LogP contribution in [0.15, 0.2) is 0 Å². The Morgan fingerprint density at radius 1 is 1.62 bits per heavy atom. The molecule has 0 saturated heterocycles. The Kier molecular flexibility index (Phi) is 6.37. The second-order valence-corrected chi connectivity index (χ2v) is 6.47. The predicted molar refractivity (Wildman–Crippen MR) is 37.9 cm³/mol. The van der Waals surface area contributed by atoms with Crippen LogP contribution < -0.4 is 11.5 Å². The van der Waals surface area contributed by atoms with Gasteiger partial charge in [-0.1, -0.05) is 0 Å². The van der Waals surface area contributed by atoms with Crippen LogP contribution in [0.2, 0.25) is 4.44 Å². The van der Waals surface area contributed by atoms with Crippen LogP contribution in [0.1, 0.15) is 13.3 Å². The number of rotatable bonds is 4. The first-order chi connectivity index (χ1) is 3.81. The standard InChI is InChI=1S/C3H8N.C2H6N.Sn/c1-2-3-4;1-2-3;/h3H,2,4H2,1H3;1-3H2;. The zero-order valence-corrected chi connectivity index (χ0v) is 8.21. The van der Waals surface area contributed by atoms with Gasteiger partial charge in [-0.2, -0.15) is 0 Å². The molecule has 48 valence electrons. The van der Waals surface area contributed by atoms with Gasteiger partial charge in [-0.15, -0.1) is 0 Å². The fourth-order valence-electron chi connectivity index (χ4n) is 0.413. The van der Waals surface area contributed by atoms with E-state index in [0.29, 0.717) is 4.06 Å². The van der Waals surface area contributed by atoms with E-state index in [4.69, 9.17) is 11.5 Å². The van der Waals surface area contributed by atoms with E-state index in [1.165, 1.54) is 4.44 Å². The average molecular weight is 221 g/mol. The summed E-state index contributed by atoms with van der Waals surface area (Å²) >= 11 is -0.255. The van der Waals surface area contributed by atoms with E-state index in [1.54, 1.807) is 0 Å². The van der Waals surface area contributed by atoms with Crippen LogP contribution in [0.3, 0.4) is 0 Å². The molecule has 1 atom stereocenters. The second kappa shape index (κ2) is 5.85. The summed E-state index contributed by atoms with van der Waals surface area (Å²) < 4.78 is 1.78. The summed E-state index contributed by atoms with van der Waals surface area (Å²) in [6.45, 7) is 2.99. The van der Waals surface area contributed by atoms with Gasteiger partial charge in [0.1, 0.15) is 0 Å². The quantitative estimate of drug-likeness (QED) is 0.643. The summed E-state index contributed by atoms with van der Waals surface area (Å²) in [6, 6.07) is 0. The molecule has 1 unspecified atom stereocenters. The van der Waals surface area contributed by atoms with Crippen molar-refractivity contribution in [1.82, 2.24) is 0 Å².